The van der Waals surface area contributed by atoms with Gasteiger partial charge in [0.25, 0.3) is 0 Å². The molecule has 3 N–H and O–H groups in total. The highest BCUT2D eigenvalue weighted by Gasteiger charge is 2.24. The van der Waals surface area contributed by atoms with Gasteiger partial charge in [-0.3, -0.25) is 0 Å². The van der Waals surface area contributed by atoms with E-state index < -0.39 is 20.8 Å². The second kappa shape index (κ2) is 9.00. The van der Waals surface area contributed by atoms with E-state index in [1.807, 2.05) is 36.4 Å². The first-order valence-electron chi connectivity index (χ1n) is 8.40. The van der Waals surface area contributed by atoms with E-state index in [-0.39, 0.29) is 9.79 Å². The highest BCUT2D eigenvalue weighted by Crippen LogP contribution is 2.33. The highest BCUT2D eigenvalue weighted by atomic mass is 79.9. The third-order valence-electron chi connectivity index (χ3n) is 4.04. The summed E-state index contributed by atoms with van der Waals surface area (Å²) >= 11 is 3.36. The molecule has 146 valence electrons. The van der Waals surface area contributed by atoms with Crippen LogP contribution in [0.4, 0.5) is 5.69 Å². The second-order valence-electron chi connectivity index (χ2n) is 6.07. The molecule has 1 atom stereocenters. The topological polar surface area (TPSA) is 89.3 Å². The zero-order chi connectivity index (χ0) is 20.1. The summed E-state index contributed by atoms with van der Waals surface area (Å²) in [5.74, 6) is 0. The van der Waals surface area contributed by atoms with Crippen LogP contribution in [0.15, 0.2) is 87.5 Å². The number of alkyl halides is 1. The van der Waals surface area contributed by atoms with E-state index in [2.05, 4.69) is 21.2 Å². The summed E-state index contributed by atoms with van der Waals surface area (Å²) < 4.78 is 37.9. The van der Waals surface area contributed by atoms with Crippen molar-refractivity contribution in [2.75, 3.05) is 5.32 Å². The Kier molecular flexibility index (Phi) is 6.66. The van der Waals surface area contributed by atoms with Gasteiger partial charge in [-0.25, -0.2) is 17.8 Å². The van der Waals surface area contributed by atoms with Crippen molar-refractivity contribution in [1.29, 1.82) is 0 Å². The van der Waals surface area contributed by atoms with Crippen molar-refractivity contribution in [3.05, 3.63) is 83.9 Å². The second-order valence-corrected chi connectivity index (χ2v) is 9.58. The molecule has 8 heteroatoms. The molecule has 0 bridgehead atoms. The first-order valence-corrected chi connectivity index (χ1v) is 12.2. The molecule has 0 aliphatic carbocycles. The summed E-state index contributed by atoms with van der Waals surface area (Å²) in [7, 11) is -5.80. The molecule has 0 spiro atoms. The van der Waals surface area contributed by atoms with Gasteiger partial charge in [0.2, 0.25) is 10.0 Å². The van der Waals surface area contributed by atoms with Crippen molar-refractivity contribution in [3.63, 3.8) is 0 Å². The Balaban J connectivity index is 2.14. The molecule has 0 aromatic heterocycles. The minimum atomic E-state index is -4.08. The number of primary sulfonamides is 1. The summed E-state index contributed by atoms with van der Waals surface area (Å²) in [6, 6.07) is 21.7. The molecule has 3 rings (SSSR count). The number of nitrogens with two attached hydrogens (primary N) is 1. The van der Waals surface area contributed by atoms with Gasteiger partial charge in [-0.2, -0.15) is 0 Å². The summed E-state index contributed by atoms with van der Waals surface area (Å²) in [5, 5.41) is 9.14. The van der Waals surface area contributed by atoms with Crippen LogP contribution in [0.5, 0.6) is 0 Å². The van der Waals surface area contributed by atoms with Gasteiger partial charge >= 0.3 is 0 Å². The molecule has 0 aliphatic heterocycles. The number of anilines is 1. The summed E-state index contributed by atoms with van der Waals surface area (Å²) in [4.78, 5) is 0.526. The molecule has 0 saturated carbocycles. The normalized spacial score (nSPS) is 12.5. The first-order chi connectivity index (χ1) is 13.4. The average molecular weight is 479 g/mol. The number of benzene rings is 3. The lowest BCUT2D eigenvalue weighted by atomic mass is 10.2. The van der Waals surface area contributed by atoms with Crippen molar-refractivity contribution in [1.82, 2.24) is 0 Å². The molecule has 0 aliphatic rings. The van der Waals surface area contributed by atoms with Crippen molar-refractivity contribution < 1.29 is 12.6 Å². The Hall–Kier alpha value is -2.00. The van der Waals surface area contributed by atoms with E-state index in [0.29, 0.717) is 28.0 Å². The maximum atomic E-state index is 13.3. The minimum absolute atomic E-state index is 0.137. The fourth-order valence-electron chi connectivity index (χ4n) is 2.73. The minimum Gasteiger partial charge on any atom is -0.380 e. The van der Waals surface area contributed by atoms with E-state index in [0.717, 1.165) is 5.56 Å². The van der Waals surface area contributed by atoms with Crippen LogP contribution in [0.2, 0.25) is 0 Å². The molecular formula is C20H19BrN2O3S2. The fourth-order valence-corrected chi connectivity index (χ4v) is 5.52. The zero-order valence-corrected chi connectivity index (χ0v) is 18.1. The van der Waals surface area contributed by atoms with Gasteiger partial charge in [-0.15, -0.1) is 0 Å². The number of hydrogen-bond donors (Lipinski definition) is 2. The largest absolute Gasteiger partial charge is 0.380 e. The Morgan fingerprint density at radius 3 is 2.11 bits per heavy atom. The van der Waals surface area contributed by atoms with Crippen LogP contribution in [0.25, 0.3) is 0 Å². The Morgan fingerprint density at radius 2 is 1.54 bits per heavy atom. The van der Waals surface area contributed by atoms with Gasteiger partial charge in [-0.1, -0.05) is 64.5 Å². The standard InChI is InChI=1S/C20H19BrN2O3S2/c21-13-16-11-18(23-14-15-7-3-1-4-8-15)20(19(12-16)28(22,25)26)27(24)17-9-5-2-6-10-17/h1-12,23H,13-14H2,(H2,22,25,26). The van der Waals surface area contributed by atoms with Crippen LogP contribution in [-0.4, -0.2) is 12.6 Å². The van der Waals surface area contributed by atoms with E-state index in [1.54, 1.807) is 30.3 Å². The lowest BCUT2D eigenvalue weighted by Gasteiger charge is -2.17. The van der Waals surface area contributed by atoms with E-state index >= 15 is 0 Å². The van der Waals surface area contributed by atoms with Crippen LogP contribution in [0, 0.1) is 0 Å². The molecule has 0 fully saturated rings. The Morgan fingerprint density at radius 1 is 0.929 bits per heavy atom. The van der Waals surface area contributed by atoms with Gasteiger partial charge in [0.1, 0.15) is 4.90 Å². The smallest absolute Gasteiger partial charge is 0.239 e. The summed E-state index contributed by atoms with van der Waals surface area (Å²) in [6.07, 6.45) is 0. The molecular weight excluding hydrogens is 460 g/mol. The molecule has 3 aromatic carbocycles. The molecule has 1 unspecified atom stereocenters. The van der Waals surface area contributed by atoms with Crippen LogP contribution in [0.1, 0.15) is 11.1 Å². The van der Waals surface area contributed by atoms with Crippen LogP contribution in [0.3, 0.4) is 0 Å². The maximum absolute atomic E-state index is 13.3. The Bertz CT molecular complexity index is 1090. The van der Waals surface area contributed by atoms with Gasteiger partial charge in [0.05, 0.1) is 21.4 Å². The fraction of sp³-hybridized carbons (Fsp3) is 0.100. The molecule has 5 nitrogen and oxygen atoms in total. The van der Waals surface area contributed by atoms with Crippen molar-refractivity contribution in [3.8, 4) is 0 Å². The maximum Gasteiger partial charge on any atom is 0.239 e. The average Bonchev–Trinajstić information content (AvgIpc) is 2.71. The van der Waals surface area contributed by atoms with Gasteiger partial charge in [0.15, 0.2) is 0 Å². The molecule has 0 amide bonds. The van der Waals surface area contributed by atoms with Gasteiger partial charge < -0.3 is 5.32 Å². The molecule has 3 aromatic rings. The number of rotatable bonds is 7. The van der Waals surface area contributed by atoms with E-state index in [9.17, 15) is 12.6 Å². The third kappa shape index (κ3) is 4.88. The number of hydrogen-bond acceptors (Lipinski definition) is 4. The number of halogens is 1. The third-order valence-corrected chi connectivity index (χ3v) is 7.27. The van der Waals surface area contributed by atoms with E-state index in [1.165, 1.54) is 6.07 Å². The molecule has 0 radical (unpaired) electrons. The first kappa shape index (κ1) is 20.7. The SMILES string of the molecule is NS(=O)(=O)c1cc(CBr)cc(NCc2ccccc2)c1S(=O)c1ccccc1. The highest BCUT2D eigenvalue weighted by molar-refractivity contribution is 9.08. The lowest BCUT2D eigenvalue weighted by Crippen LogP contribution is -2.17. The molecule has 28 heavy (non-hydrogen) atoms. The van der Waals surface area contributed by atoms with Crippen LogP contribution in [-0.2, 0) is 32.7 Å². The predicted octanol–water partition coefficient (Wildman–Crippen LogP) is 4.01. The summed E-state index contributed by atoms with van der Waals surface area (Å²) in [6.45, 7) is 0.454. The monoisotopic (exact) mass is 478 g/mol. The summed E-state index contributed by atoms with van der Waals surface area (Å²) in [5.41, 5.74) is 2.21. The predicted molar refractivity (Wildman–Crippen MR) is 115 cm³/mol. The van der Waals surface area contributed by atoms with Crippen LogP contribution >= 0.6 is 15.9 Å². The Labute approximate surface area is 175 Å². The number of sulfonamides is 1. The lowest BCUT2D eigenvalue weighted by molar-refractivity contribution is 0.595. The van der Waals surface area contributed by atoms with E-state index in [4.69, 9.17) is 5.14 Å². The van der Waals surface area contributed by atoms with Crippen molar-refractivity contribution in [2.24, 2.45) is 5.14 Å². The number of nitrogens with one attached hydrogen (secondary N) is 1. The van der Waals surface area contributed by atoms with Crippen LogP contribution < -0.4 is 10.5 Å². The molecule has 0 saturated heterocycles. The quantitative estimate of drug-likeness (QED) is 0.502. The zero-order valence-electron chi connectivity index (χ0n) is 14.8. The van der Waals surface area contributed by atoms with Crippen molar-refractivity contribution in [2.45, 2.75) is 26.6 Å². The van der Waals surface area contributed by atoms with Gasteiger partial charge in [-0.05, 0) is 35.4 Å². The van der Waals surface area contributed by atoms with Gasteiger partial charge in [0, 0.05) is 16.8 Å². The molecule has 0 heterocycles. The van der Waals surface area contributed by atoms with Crippen molar-refractivity contribution >= 4 is 42.4 Å².